The summed E-state index contributed by atoms with van der Waals surface area (Å²) in [5.41, 5.74) is 2.04. The topological polar surface area (TPSA) is 105 Å². The van der Waals surface area contributed by atoms with Gasteiger partial charge in [0.05, 0.1) is 23.3 Å². The van der Waals surface area contributed by atoms with Gasteiger partial charge in [0, 0.05) is 35.9 Å². The van der Waals surface area contributed by atoms with E-state index in [0.29, 0.717) is 22.0 Å². The number of furan rings is 1. The number of rotatable bonds is 6. The monoisotopic (exact) mass is 575 g/mol. The second-order valence-electron chi connectivity index (χ2n) is 8.99. The molecule has 0 saturated carbocycles. The molecule has 0 unspecified atom stereocenters. The zero-order valence-corrected chi connectivity index (χ0v) is 21.8. The molecule has 1 aliphatic rings. The zero-order valence-electron chi connectivity index (χ0n) is 21.0. The predicted molar refractivity (Wildman–Crippen MR) is 142 cm³/mol. The van der Waals surface area contributed by atoms with Crippen molar-refractivity contribution in [2.24, 2.45) is 0 Å². The molecule has 210 valence electrons. The molecule has 12 heteroatoms. The Hall–Kier alpha value is -4.09. The van der Waals surface area contributed by atoms with Crippen molar-refractivity contribution in [1.29, 1.82) is 0 Å². The number of pyridine rings is 1. The predicted octanol–water partition coefficient (Wildman–Crippen LogP) is 6.41. The molecule has 0 atom stereocenters. The number of alkyl halides is 3. The minimum Gasteiger partial charge on any atom is -0.489 e. The summed E-state index contributed by atoms with van der Waals surface area (Å²) >= 11 is 6.47. The molecular formula is C28H25ClF3N3O5. The Morgan fingerprint density at radius 1 is 1.10 bits per heavy atom. The molecule has 1 aliphatic heterocycles. The summed E-state index contributed by atoms with van der Waals surface area (Å²) in [5, 5.41) is 11.4. The third kappa shape index (κ3) is 7.96. The Balaban J connectivity index is 0.000000470. The molecule has 4 aromatic rings. The van der Waals surface area contributed by atoms with Gasteiger partial charge in [0.1, 0.15) is 17.6 Å². The van der Waals surface area contributed by atoms with Crippen LogP contribution >= 0.6 is 11.6 Å². The maximum absolute atomic E-state index is 12.7. The molecule has 2 N–H and O–H groups in total. The zero-order chi connectivity index (χ0) is 28.7. The molecule has 2 aromatic heterocycles. The number of carbonyl (C=O) groups excluding carboxylic acids is 1. The number of nitrogens with one attached hydrogen (secondary N) is 1. The van der Waals surface area contributed by atoms with Crippen molar-refractivity contribution in [3.8, 4) is 5.75 Å². The van der Waals surface area contributed by atoms with E-state index in [0.717, 1.165) is 49.1 Å². The number of ether oxygens (including phenoxy) is 1. The fourth-order valence-corrected chi connectivity index (χ4v) is 4.31. The first-order valence-corrected chi connectivity index (χ1v) is 12.6. The Bertz CT molecular complexity index is 1460. The first-order valence-electron chi connectivity index (χ1n) is 12.3. The van der Waals surface area contributed by atoms with E-state index in [1.54, 1.807) is 24.6 Å². The van der Waals surface area contributed by atoms with Crippen molar-refractivity contribution in [3.05, 3.63) is 89.5 Å². The Morgan fingerprint density at radius 2 is 1.85 bits per heavy atom. The highest BCUT2D eigenvalue weighted by molar-refractivity contribution is 6.32. The van der Waals surface area contributed by atoms with E-state index in [9.17, 15) is 18.0 Å². The maximum atomic E-state index is 12.7. The highest BCUT2D eigenvalue weighted by atomic mass is 35.5. The van der Waals surface area contributed by atoms with E-state index < -0.39 is 12.1 Å². The fraction of sp³-hybridized carbons (Fsp3) is 0.250. The molecule has 0 aliphatic carbocycles. The van der Waals surface area contributed by atoms with Crippen molar-refractivity contribution in [2.75, 3.05) is 18.4 Å². The highest BCUT2D eigenvalue weighted by Gasteiger charge is 2.38. The van der Waals surface area contributed by atoms with Crippen LogP contribution in [0.3, 0.4) is 0 Å². The van der Waals surface area contributed by atoms with Crippen molar-refractivity contribution >= 4 is 40.1 Å². The minimum atomic E-state index is -5.08. The molecule has 40 heavy (non-hydrogen) atoms. The minimum absolute atomic E-state index is 0.113. The summed E-state index contributed by atoms with van der Waals surface area (Å²) in [5.74, 6) is -1.34. The van der Waals surface area contributed by atoms with Gasteiger partial charge in [-0.1, -0.05) is 17.7 Å². The third-order valence-electron chi connectivity index (χ3n) is 6.09. The molecule has 0 spiro atoms. The first kappa shape index (κ1) is 28.9. The molecule has 0 radical (unpaired) electrons. The molecule has 1 fully saturated rings. The molecule has 0 bridgehead atoms. The van der Waals surface area contributed by atoms with Crippen LogP contribution in [0.15, 0.2) is 77.5 Å². The van der Waals surface area contributed by atoms with E-state index in [1.165, 1.54) is 0 Å². The number of carboxylic acid groups (broad SMARTS) is 1. The van der Waals surface area contributed by atoms with Gasteiger partial charge in [-0.25, -0.2) is 4.79 Å². The van der Waals surface area contributed by atoms with Gasteiger partial charge in [0.25, 0.3) is 5.91 Å². The average molecular weight is 576 g/mol. The molecule has 8 nitrogen and oxygen atoms in total. The maximum Gasteiger partial charge on any atom is 0.490 e. The van der Waals surface area contributed by atoms with Gasteiger partial charge in [-0.2, -0.15) is 13.2 Å². The summed E-state index contributed by atoms with van der Waals surface area (Å²) in [7, 11) is 0. The van der Waals surface area contributed by atoms with Gasteiger partial charge in [-0.05, 0) is 67.4 Å². The number of hydrogen-bond donors (Lipinski definition) is 2. The van der Waals surface area contributed by atoms with Crippen LogP contribution in [0.25, 0.3) is 10.9 Å². The highest BCUT2D eigenvalue weighted by Crippen LogP contribution is 2.30. The lowest BCUT2D eigenvalue weighted by molar-refractivity contribution is -0.192. The van der Waals surface area contributed by atoms with E-state index >= 15 is 0 Å². The summed E-state index contributed by atoms with van der Waals surface area (Å²) in [4.78, 5) is 28.2. The van der Waals surface area contributed by atoms with Gasteiger partial charge >= 0.3 is 12.1 Å². The molecule has 3 heterocycles. The van der Waals surface area contributed by atoms with Gasteiger partial charge in [0.15, 0.2) is 0 Å². The molecule has 2 aromatic carbocycles. The summed E-state index contributed by atoms with van der Waals surface area (Å²) in [6, 6.07) is 18.5. The van der Waals surface area contributed by atoms with Crippen molar-refractivity contribution in [2.45, 2.75) is 31.7 Å². The normalized spacial score (nSPS) is 14.3. The van der Waals surface area contributed by atoms with Gasteiger partial charge in [-0.3, -0.25) is 14.7 Å². The van der Waals surface area contributed by atoms with Crippen LogP contribution in [0.2, 0.25) is 5.02 Å². The lowest BCUT2D eigenvalue weighted by Gasteiger charge is -2.31. The summed E-state index contributed by atoms with van der Waals surface area (Å²) in [6.07, 6.45) is 0.317. The van der Waals surface area contributed by atoms with Crippen LogP contribution in [0, 0.1) is 0 Å². The lowest BCUT2D eigenvalue weighted by atomic mass is 10.1. The van der Waals surface area contributed by atoms with Crippen molar-refractivity contribution in [1.82, 2.24) is 9.88 Å². The van der Waals surface area contributed by atoms with Gasteiger partial charge in [-0.15, -0.1) is 0 Å². The number of hydrogen-bond acceptors (Lipinski definition) is 6. The van der Waals surface area contributed by atoms with Crippen molar-refractivity contribution in [3.63, 3.8) is 0 Å². The quantitative estimate of drug-likeness (QED) is 0.274. The number of carbonyl (C=O) groups is 2. The van der Waals surface area contributed by atoms with Crippen molar-refractivity contribution < 1.29 is 37.0 Å². The molecule has 1 amide bonds. The summed E-state index contributed by atoms with van der Waals surface area (Å²) in [6.45, 7) is 2.71. The first-order chi connectivity index (χ1) is 19.1. The number of benzene rings is 2. The average Bonchev–Trinajstić information content (AvgIpc) is 3.44. The summed E-state index contributed by atoms with van der Waals surface area (Å²) < 4.78 is 43.3. The second-order valence-corrected chi connectivity index (χ2v) is 9.39. The number of fused-ring (bicyclic) bond motifs is 1. The van der Waals surface area contributed by atoms with Crippen LogP contribution in [-0.4, -0.2) is 52.2 Å². The molecule has 1 saturated heterocycles. The van der Waals surface area contributed by atoms with Crippen LogP contribution in [0.1, 0.15) is 29.0 Å². The SMILES string of the molecule is O=C(Nc1ccc(OC2CCN(Cc3ccco3)CC2)c(Cl)c1)c1ccc2ncccc2c1.O=C(O)C(F)(F)F. The van der Waals surface area contributed by atoms with Crippen LogP contribution in [-0.2, 0) is 11.3 Å². The van der Waals surface area contributed by atoms with Gasteiger partial charge in [0.2, 0.25) is 0 Å². The fourth-order valence-electron chi connectivity index (χ4n) is 4.08. The molecule has 5 rings (SSSR count). The number of amides is 1. The van der Waals surface area contributed by atoms with Crippen LogP contribution < -0.4 is 10.1 Å². The number of halogens is 4. The third-order valence-corrected chi connectivity index (χ3v) is 6.38. The van der Waals surface area contributed by atoms with Crippen LogP contribution in [0.4, 0.5) is 18.9 Å². The second kappa shape index (κ2) is 12.8. The number of carboxylic acids is 1. The number of aromatic nitrogens is 1. The number of piperidine rings is 1. The van der Waals surface area contributed by atoms with Crippen LogP contribution in [0.5, 0.6) is 5.75 Å². The lowest BCUT2D eigenvalue weighted by Crippen LogP contribution is -2.37. The Labute approximate surface area is 232 Å². The van der Waals surface area contributed by atoms with E-state index in [2.05, 4.69) is 15.2 Å². The molecular weight excluding hydrogens is 551 g/mol. The van der Waals surface area contributed by atoms with E-state index in [-0.39, 0.29) is 12.0 Å². The Kier molecular flexibility index (Phi) is 9.28. The standard InChI is InChI=1S/C26H24ClN3O3.C2HF3O2/c27-23-16-20(29-26(31)19-5-7-24-18(15-19)3-1-11-28-24)6-8-25(23)33-21-9-12-30(13-10-21)17-22-4-2-14-32-22;3-2(4,5)1(6)7/h1-8,11,14-16,21H,9-10,12-13,17H2,(H,29,31);(H,6,7). The number of anilines is 1. The van der Waals surface area contributed by atoms with E-state index in [1.807, 2.05) is 48.5 Å². The van der Waals surface area contributed by atoms with Gasteiger partial charge < -0.3 is 19.6 Å². The number of nitrogens with zero attached hydrogens (tertiary/aromatic N) is 2. The number of likely N-dealkylation sites (tertiary alicyclic amines) is 1. The smallest absolute Gasteiger partial charge is 0.489 e. The largest absolute Gasteiger partial charge is 0.490 e. The number of aliphatic carboxylic acids is 1. The van der Waals surface area contributed by atoms with E-state index in [4.69, 9.17) is 30.7 Å². The Morgan fingerprint density at radius 3 is 2.50 bits per heavy atom.